The first-order valence-electron chi connectivity index (χ1n) is 9.01. The summed E-state index contributed by atoms with van der Waals surface area (Å²) >= 11 is 0. The van der Waals surface area contributed by atoms with Crippen LogP contribution in [0.4, 0.5) is 5.69 Å². The molecule has 2 aromatic carbocycles. The minimum absolute atomic E-state index is 0.113. The lowest BCUT2D eigenvalue weighted by Gasteiger charge is -2.15. The van der Waals surface area contributed by atoms with E-state index in [9.17, 15) is 13.2 Å². The van der Waals surface area contributed by atoms with Gasteiger partial charge in [-0.25, -0.2) is 13.1 Å². The van der Waals surface area contributed by atoms with Gasteiger partial charge in [0.2, 0.25) is 10.0 Å². The summed E-state index contributed by atoms with van der Waals surface area (Å²) in [7, 11) is -3.59. The third-order valence-corrected chi connectivity index (χ3v) is 5.52. The summed E-state index contributed by atoms with van der Waals surface area (Å²) in [5, 5.41) is 2.72. The third kappa shape index (κ3) is 5.94. The molecule has 0 fully saturated rings. The summed E-state index contributed by atoms with van der Waals surface area (Å²) in [4.78, 5) is 12.5. The SMILES string of the molecule is C=CCNS(=O)(=O)c1ccc(NC(=O)C(C)Oc2ccc(C(C)C)cc2)cc1. The standard InChI is InChI=1S/C21H26N2O4S/c1-5-14-22-28(25,26)20-12-8-18(9-13-20)23-21(24)16(4)27-19-10-6-17(7-11-19)15(2)3/h5-13,15-16,22H,1,14H2,2-4H3,(H,23,24). The lowest BCUT2D eigenvalue weighted by atomic mass is 10.0. The zero-order chi connectivity index (χ0) is 20.7. The molecule has 1 unspecified atom stereocenters. The van der Waals surface area contributed by atoms with Gasteiger partial charge in [-0.3, -0.25) is 4.79 Å². The molecule has 6 nitrogen and oxygen atoms in total. The molecule has 0 aliphatic rings. The van der Waals surface area contributed by atoms with Crippen LogP contribution in [-0.2, 0) is 14.8 Å². The summed E-state index contributed by atoms with van der Waals surface area (Å²) in [5.41, 5.74) is 1.68. The van der Waals surface area contributed by atoms with Crippen molar-refractivity contribution in [2.45, 2.75) is 37.7 Å². The normalized spacial score (nSPS) is 12.4. The van der Waals surface area contributed by atoms with Crippen LogP contribution >= 0.6 is 0 Å². The lowest BCUT2D eigenvalue weighted by molar-refractivity contribution is -0.122. The molecule has 1 amide bonds. The molecule has 0 aliphatic heterocycles. The van der Waals surface area contributed by atoms with Gasteiger partial charge in [0, 0.05) is 12.2 Å². The van der Waals surface area contributed by atoms with Crippen molar-refractivity contribution < 1.29 is 17.9 Å². The van der Waals surface area contributed by atoms with E-state index in [0.29, 0.717) is 17.4 Å². The van der Waals surface area contributed by atoms with Crippen LogP contribution in [0.3, 0.4) is 0 Å². The molecule has 1 atom stereocenters. The van der Waals surface area contributed by atoms with E-state index in [4.69, 9.17) is 4.74 Å². The smallest absolute Gasteiger partial charge is 0.265 e. The van der Waals surface area contributed by atoms with Gasteiger partial charge in [-0.2, -0.15) is 0 Å². The maximum absolute atomic E-state index is 12.3. The second-order valence-electron chi connectivity index (χ2n) is 6.64. The fourth-order valence-corrected chi connectivity index (χ4v) is 3.40. The number of amides is 1. The van der Waals surface area contributed by atoms with Crippen molar-refractivity contribution in [1.29, 1.82) is 0 Å². The fourth-order valence-electron chi connectivity index (χ4n) is 2.40. The van der Waals surface area contributed by atoms with Gasteiger partial charge < -0.3 is 10.1 Å². The number of carbonyl (C=O) groups excluding carboxylic acids is 1. The molecule has 0 heterocycles. The highest BCUT2D eigenvalue weighted by molar-refractivity contribution is 7.89. The predicted molar refractivity (Wildman–Crippen MR) is 111 cm³/mol. The highest BCUT2D eigenvalue weighted by atomic mass is 32.2. The predicted octanol–water partition coefficient (Wildman–Crippen LogP) is 3.68. The molecule has 0 aromatic heterocycles. The Labute approximate surface area is 166 Å². The summed E-state index contributed by atoms with van der Waals surface area (Å²) in [5.74, 6) is 0.712. The van der Waals surface area contributed by atoms with E-state index < -0.39 is 16.1 Å². The minimum atomic E-state index is -3.59. The number of hydrogen-bond acceptors (Lipinski definition) is 4. The Balaban J connectivity index is 1.97. The highest BCUT2D eigenvalue weighted by Crippen LogP contribution is 2.20. The molecular weight excluding hydrogens is 376 g/mol. The zero-order valence-corrected chi connectivity index (χ0v) is 17.1. The van der Waals surface area contributed by atoms with Crippen LogP contribution in [0, 0.1) is 0 Å². The van der Waals surface area contributed by atoms with Gasteiger partial charge in [-0.15, -0.1) is 6.58 Å². The van der Waals surface area contributed by atoms with Gasteiger partial charge in [0.05, 0.1) is 4.90 Å². The molecule has 2 aromatic rings. The van der Waals surface area contributed by atoms with E-state index in [-0.39, 0.29) is 17.3 Å². The van der Waals surface area contributed by atoms with Crippen molar-refractivity contribution in [3.05, 3.63) is 66.7 Å². The van der Waals surface area contributed by atoms with E-state index in [1.165, 1.54) is 35.9 Å². The topological polar surface area (TPSA) is 84.5 Å². The second kappa shape index (κ2) is 9.52. The summed E-state index contributed by atoms with van der Waals surface area (Å²) in [6, 6.07) is 13.6. The number of carbonyl (C=O) groups is 1. The number of benzene rings is 2. The van der Waals surface area contributed by atoms with Crippen molar-refractivity contribution in [3.63, 3.8) is 0 Å². The largest absolute Gasteiger partial charge is 0.481 e. The molecule has 150 valence electrons. The van der Waals surface area contributed by atoms with Crippen LogP contribution in [-0.4, -0.2) is 27.0 Å². The fraction of sp³-hybridized carbons (Fsp3) is 0.286. The quantitative estimate of drug-likeness (QED) is 0.627. The highest BCUT2D eigenvalue weighted by Gasteiger charge is 2.16. The van der Waals surface area contributed by atoms with Gasteiger partial charge in [0.25, 0.3) is 5.91 Å². The van der Waals surface area contributed by atoms with E-state index >= 15 is 0 Å². The average molecular weight is 403 g/mol. The Kier molecular flexibility index (Phi) is 7.37. The number of nitrogens with one attached hydrogen (secondary N) is 2. The zero-order valence-electron chi connectivity index (χ0n) is 16.3. The molecule has 28 heavy (non-hydrogen) atoms. The van der Waals surface area contributed by atoms with E-state index in [1.54, 1.807) is 6.92 Å². The maximum Gasteiger partial charge on any atom is 0.265 e. The number of hydrogen-bond donors (Lipinski definition) is 2. The van der Waals surface area contributed by atoms with Crippen LogP contribution in [0.25, 0.3) is 0 Å². The molecule has 0 radical (unpaired) electrons. The van der Waals surface area contributed by atoms with E-state index in [0.717, 1.165) is 0 Å². The Morgan fingerprint density at radius 2 is 1.68 bits per heavy atom. The molecule has 0 spiro atoms. The van der Waals surface area contributed by atoms with E-state index in [1.807, 2.05) is 24.3 Å². The Morgan fingerprint density at radius 3 is 2.21 bits per heavy atom. The van der Waals surface area contributed by atoms with Crippen LogP contribution in [0.5, 0.6) is 5.75 Å². The second-order valence-corrected chi connectivity index (χ2v) is 8.40. The number of sulfonamides is 1. The van der Waals surface area contributed by atoms with Gasteiger partial charge in [0.15, 0.2) is 6.10 Å². The first-order valence-corrected chi connectivity index (χ1v) is 10.5. The van der Waals surface area contributed by atoms with Crippen LogP contribution in [0.2, 0.25) is 0 Å². The first kappa shape index (κ1) is 21.7. The van der Waals surface area contributed by atoms with Crippen molar-refractivity contribution in [2.75, 3.05) is 11.9 Å². The van der Waals surface area contributed by atoms with E-state index in [2.05, 4.69) is 30.5 Å². The Bertz CT molecular complexity index is 904. The average Bonchev–Trinajstić information content (AvgIpc) is 2.67. The maximum atomic E-state index is 12.3. The molecule has 7 heteroatoms. The van der Waals surface area contributed by atoms with Crippen molar-refractivity contribution in [2.24, 2.45) is 0 Å². The lowest BCUT2D eigenvalue weighted by Crippen LogP contribution is -2.30. The van der Waals surface area contributed by atoms with Crippen molar-refractivity contribution >= 4 is 21.6 Å². The third-order valence-electron chi connectivity index (χ3n) is 4.08. The molecule has 2 rings (SSSR count). The van der Waals surface area contributed by atoms with Gasteiger partial charge >= 0.3 is 0 Å². The molecule has 2 N–H and O–H groups in total. The molecular formula is C21H26N2O4S. The Morgan fingerprint density at radius 1 is 1.07 bits per heavy atom. The summed E-state index contributed by atoms with van der Waals surface area (Å²) < 4.78 is 32.1. The van der Waals surface area contributed by atoms with Gasteiger partial charge in [-0.05, 0) is 54.8 Å². The summed E-state index contributed by atoms with van der Waals surface area (Å²) in [6.45, 7) is 9.50. The van der Waals surface area contributed by atoms with Crippen molar-refractivity contribution in [3.8, 4) is 5.75 Å². The van der Waals surface area contributed by atoms with Crippen LogP contribution in [0.1, 0.15) is 32.3 Å². The summed E-state index contributed by atoms with van der Waals surface area (Å²) in [6.07, 6.45) is 0.756. The van der Waals surface area contributed by atoms with Crippen LogP contribution < -0.4 is 14.8 Å². The monoisotopic (exact) mass is 402 g/mol. The first-order chi connectivity index (χ1) is 13.2. The molecule has 0 saturated heterocycles. The van der Waals surface area contributed by atoms with Gasteiger partial charge in [0.1, 0.15) is 5.75 Å². The molecule has 0 aliphatic carbocycles. The Hall–Kier alpha value is -2.64. The van der Waals surface area contributed by atoms with Crippen LogP contribution in [0.15, 0.2) is 66.1 Å². The minimum Gasteiger partial charge on any atom is -0.481 e. The van der Waals surface area contributed by atoms with Gasteiger partial charge in [-0.1, -0.05) is 32.1 Å². The van der Waals surface area contributed by atoms with Crippen molar-refractivity contribution in [1.82, 2.24) is 4.72 Å². The number of ether oxygens (including phenoxy) is 1. The molecule has 0 bridgehead atoms. The molecule has 0 saturated carbocycles. The number of rotatable bonds is 9. The number of anilines is 1.